The van der Waals surface area contributed by atoms with Gasteiger partial charge in [-0.25, -0.2) is 0 Å². The van der Waals surface area contributed by atoms with E-state index in [2.05, 4.69) is 59.9 Å². The van der Waals surface area contributed by atoms with Gasteiger partial charge in [-0.1, -0.05) is 66.2 Å². The van der Waals surface area contributed by atoms with Crippen LogP contribution in [0.5, 0.6) is 0 Å². The Morgan fingerprint density at radius 2 is 1.62 bits per heavy atom. The highest BCUT2D eigenvalue weighted by atomic mass is 35.5. The first-order valence-corrected chi connectivity index (χ1v) is 7.55. The fraction of sp³-hybridized carbons (Fsp3) is 0.158. The van der Waals surface area contributed by atoms with Crippen LogP contribution in [0.2, 0.25) is 5.02 Å². The summed E-state index contributed by atoms with van der Waals surface area (Å²) >= 11 is 5.98. The van der Waals surface area contributed by atoms with Gasteiger partial charge in [0.2, 0.25) is 0 Å². The van der Waals surface area contributed by atoms with E-state index in [0.717, 1.165) is 11.4 Å². The minimum absolute atomic E-state index is 0.285. The molecule has 3 aromatic rings. The van der Waals surface area contributed by atoms with Crippen LogP contribution in [0.25, 0.3) is 10.8 Å². The first-order chi connectivity index (χ1) is 10.3. The first kappa shape index (κ1) is 14.1. The van der Waals surface area contributed by atoms with Crippen LogP contribution < -0.4 is 5.32 Å². The summed E-state index contributed by atoms with van der Waals surface area (Å²) in [7, 11) is 2.00. The molecule has 0 saturated carbocycles. The number of fused-ring (bicyclic) bond motifs is 1. The Kier molecular flexibility index (Phi) is 4.23. The van der Waals surface area contributed by atoms with E-state index in [1.54, 1.807) is 0 Å². The standard InChI is InChI=1S/C19H18ClN/c1-21-19(15-9-11-17(20)12-10-15)13-16-7-4-6-14-5-2-3-8-18(14)16/h2-12,19,21H,13H2,1H3. The van der Waals surface area contributed by atoms with Crippen molar-refractivity contribution in [2.45, 2.75) is 12.5 Å². The second kappa shape index (κ2) is 6.30. The number of rotatable bonds is 4. The van der Waals surface area contributed by atoms with Gasteiger partial charge in [0.25, 0.3) is 0 Å². The quantitative estimate of drug-likeness (QED) is 0.714. The van der Waals surface area contributed by atoms with Gasteiger partial charge in [0.1, 0.15) is 0 Å². The molecule has 21 heavy (non-hydrogen) atoms. The molecule has 0 saturated heterocycles. The summed E-state index contributed by atoms with van der Waals surface area (Å²) in [6.07, 6.45) is 0.958. The van der Waals surface area contributed by atoms with Crippen molar-refractivity contribution in [1.82, 2.24) is 5.32 Å². The van der Waals surface area contributed by atoms with E-state index in [9.17, 15) is 0 Å². The predicted molar refractivity (Wildman–Crippen MR) is 90.9 cm³/mol. The van der Waals surface area contributed by atoms with Crippen molar-refractivity contribution >= 4 is 22.4 Å². The lowest BCUT2D eigenvalue weighted by Crippen LogP contribution is -2.18. The number of halogens is 1. The molecule has 106 valence electrons. The van der Waals surface area contributed by atoms with Gasteiger partial charge in [0.15, 0.2) is 0 Å². The van der Waals surface area contributed by atoms with Crippen molar-refractivity contribution in [3.05, 3.63) is 82.9 Å². The molecule has 0 fully saturated rings. The monoisotopic (exact) mass is 295 g/mol. The Morgan fingerprint density at radius 1 is 0.905 bits per heavy atom. The third kappa shape index (κ3) is 3.10. The van der Waals surface area contributed by atoms with Crippen molar-refractivity contribution in [2.24, 2.45) is 0 Å². The van der Waals surface area contributed by atoms with Crippen LogP contribution in [-0.4, -0.2) is 7.05 Å². The molecule has 1 N–H and O–H groups in total. The zero-order chi connectivity index (χ0) is 14.7. The lowest BCUT2D eigenvalue weighted by atomic mass is 9.95. The lowest BCUT2D eigenvalue weighted by Gasteiger charge is -2.18. The van der Waals surface area contributed by atoms with Gasteiger partial charge < -0.3 is 5.32 Å². The molecule has 0 spiro atoms. The predicted octanol–water partition coefficient (Wildman–Crippen LogP) is 5.00. The molecule has 1 atom stereocenters. The highest BCUT2D eigenvalue weighted by molar-refractivity contribution is 6.30. The van der Waals surface area contributed by atoms with Crippen molar-refractivity contribution < 1.29 is 0 Å². The van der Waals surface area contributed by atoms with Gasteiger partial charge >= 0.3 is 0 Å². The van der Waals surface area contributed by atoms with Gasteiger partial charge in [0, 0.05) is 11.1 Å². The molecule has 3 aromatic carbocycles. The topological polar surface area (TPSA) is 12.0 Å². The average molecular weight is 296 g/mol. The minimum Gasteiger partial charge on any atom is -0.313 e. The SMILES string of the molecule is CNC(Cc1cccc2ccccc12)c1ccc(Cl)cc1. The molecule has 3 rings (SSSR count). The second-order valence-electron chi connectivity index (χ2n) is 5.24. The summed E-state index contributed by atoms with van der Waals surface area (Å²) in [5.74, 6) is 0. The average Bonchev–Trinajstić information content (AvgIpc) is 2.54. The first-order valence-electron chi connectivity index (χ1n) is 7.17. The van der Waals surface area contributed by atoms with E-state index < -0.39 is 0 Å². The summed E-state index contributed by atoms with van der Waals surface area (Å²) in [5, 5.41) is 6.81. The molecule has 1 unspecified atom stereocenters. The summed E-state index contributed by atoms with van der Waals surface area (Å²) < 4.78 is 0. The Morgan fingerprint density at radius 3 is 2.38 bits per heavy atom. The molecule has 1 nitrogen and oxygen atoms in total. The summed E-state index contributed by atoms with van der Waals surface area (Å²) in [6.45, 7) is 0. The normalized spacial score (nSPS) is 12.5. The maximum absolute atomic E-state index is 5.98. The van der Waals surface area contributed by atoms with Crippen LogP contribution in [-0.2, 0) is 6.42 Å². The largest absolute Gasteiger partial charge is 0.313 e. The minimum atomic E-state index is 0.285. The molecule has 0 bridgehead atoms. The van der Waals surface area contributed by atoms with Crippen molar-refractivity contribution in [2.75, 3.05) is 7.05 Å². The smallest absolute Gasteiger partial charge is 0.0406 e. The van der Waals surface area contributed by atoms with Gasteiger partial charge in [0.05, 0.1) is 0 Å². The number of likely N-dealkylation sites (N-methyl/N-ethyl adjacent to an activating group) is 1. The van der Waals surface area contributed by atoms with Crippen LogP contribution in [0.1, 0.15) is 17.2 Å². The van der Waals surface area contributed by atoms with E-state index in [4.69, 9.17) is 11.6 Å². The third-order valence-corrected chi connectivity index (χ3v) is 4.18. The maximum atomic E-state index is 5.98. The van der Waals surface area contributed by atoms with Crippen LogP contribution in [0.15, 0.2) is 66.7 Å². The number of benzene rings is 3. The van der Waals surface area contributed by atoms with Gasteiger partial charge in [-0.15, -0.1) is 0 Å². The molecule has 2 heteroatoms. The molecular weight excluding hydrogens is 278 g/mol. The van der Waals surface area contributed by atoms with E-state index in [1.807, 2.05) is 19.2 Å². The Balaban J connectivity index is 1.94. The fourth-order valence-electron chi connectivity index (χ4n) is 2.77. The Hall–Kier alpha value is -1.83. The molecule has 0 aliphatic carbocycles. The zero-order valence-corrected chi connectivity index (χ0v) is 12.8. The van der Waals surface area contributed by atoms with Gasteiger partial charge in [-0.2, -0.15) is 0 Å². The molecule has 0 amide bonds. The summed E-state index contributed by atoms with van der Waals surface area (Å²) in [6, 6.07) is 23.4. The van der Waals surface area contributed by atoms with Gasteiger partial charge in [-0.05, 0) is 47.5 Å². The van der Waals surface area contributed by atoms with Crippen molar-refractivity contribution in [3.63, 3.8) is 0 Å². The van der Waals surface area contributed by atoms with Crippen molar-refractivity contribution in [3.8, 4) is 0 Å². The van der Waals surface area contributed by atoms with E-state index in [0.29, 0.717) is 0 Å². The fourth-order valence-corrected chi connectivity index (χ4v) is 2.90. The zero-order valence-electron chi connectivity index (χ0n) is 12.0. The van der Waals surface area contributed by atoms with E-state index in [-0.39, 0.29) is 6.04 Å². The molecule has 0 aliphatic rings. The highest BCUT2D eigenvalue weighted by Gasteiger charge is 2.11. The van der Waals surface area contributed by atoms with Crippen LogP contribution in [0.3, 0.4) is 0 Å². The van der Waals surface area contributed by atoms with Crippen LogP contribution in [0.4, 0.5) is 0 Å². The lowest BCUT2D eigenvalue weighted by molar-refractivity contribution is 0.594. The Labute approximate surface area is 130 Å². The number of hydrogen-bond acceptors (Lipinski definition) is 1. The molecule has 0 radical (unpaired) electrons. The number of nitrogens with one attached hydrogen (secondary N) is 1. The number of hydrogen-bond donors (Lipinski definition) is 1. The Bertz CT molecular complexity index is 729. The maximum Gasteiger partial charge on any atom is 0.0406 e. The second-order valence-corrected chi connectivity index (χ2v) is 5.67. The summed E-state index contributed by atoms with van der Waals surface area (Å²) in [5.41, 5.74) is 2.62. The molecule has 0 aliphatic heterocycles. The van der Waals surface area contributed by atoms with Gasteiger partial charge in [-0.3, -0.25) is 0 Å². The highest BCUT2D eigenvalue weighted by Crippen LogP contribution is 2.25. The summed E-state index contributed by atoms with van der Waals surface area (Å²) in [4.78, 5) is 0. The van der Waals surface area contributed by atoms with Crippen molar-refractivity contribution in [1.29, 1.82) is 0 Å². The molecule has 0 aromatic heterocycles. The van der Waals surface area contributed by atoms with Crippen LogP contribution >= 0.6 is 11.6 Å². The molecular formula is C19H18ClN. The van der Waals surface area contributed by atoms with E-state index in [1.165, 1.54) is 21.9 Å². The van der Waals surface area contributed by atoms with E-state index >= 15 is 0 Å². The molecule has 0 heterocycles. The third-order valence-electron chi connectivity index (χ3n) is 3.92. The van der Waals surface area contributed by atoms with Crippen LogP contribution in [0, 0.1) is 0 Å².